The molecule has 0 heterocycles. The summed E-state index contributed by atoms with van der Waals surface area (Å²) >= 11 is 8.43. The first-order valence-electron chi connectivity index (χ1n) is 3.75. The summed E-state index contributed by atoms with van der Waals surface area (Å²) < 4.78 is 0.708. The number of halogens is 2. The van der Waals surface area contributed by atoms with Crippen LogP contribution in [-0.4, -0.2) is 9.30 Å². The SMILES string of the molecule is ClC1/C=C\C(I)CCCC1. The summed E-state index contributed by atoms with van der Waals surface area (Å²) in [6, 6.07) is 0. The van der Waals surface area contributed by atoms with Crippen molar-refractivity contribution in [3.8, 4) is 0 Å². The highest BCUT2D eigenvalue weighted by atomic mass is 127. The summed E-state index contributed by atoms with van der Waals surface area (Å²) in [5.74, 6) is 0. The van der Waals surface area contributed by atoms with E-state index in [1.54, 1.807) is 0 Å². The molecule has 0 radical (unpaired) electrons. The van der Waals surface area contributed by atoms with Gasteiger partial charge < -0.3 is 0 Å². The van der Waals surface area contributed by atoms with Crippen LogP contribution in [0.1, 0.15) is 25.7 Å². The van der Waals surface area contributed by atoms with Crippen molar-refractivity contribution in [2.75, 3.05) is 0 Å². The van der Waals surface area contributed by atoms with E-state index >= 15 is 0 Å². The molecule has 58 valence electrons. The molecule has 0 aromatic heterocycles. The fourth-order valence-corrected chi connectivity index (χ4v) is 2.03. The highest BCUT2D eigenvalue weighted by molar-refractivity contribution is 14.1. The monoisotopic (exact) mass is 270 g/mol. The first kappa shape index (κ1) is 8.85. The van der Waals surface area contributed by atoms with Crippen molar-refractivity contribution >= 4 is 34.2 Å². The summed E-state index contributed by atoms with van der Waals surface area (Å²) in [4.78, 5) is 0. The molecule has 0 saturated carbocycles. The number of rotatable bonds is 0. The maximum atomic E-state index is 5.97. The van der Waals surface area contributed by atoms with Crippen molar-refractivity contribution < 1.29 is 0 Å². The lowest BCUT2D eigenvalue weighted by molar-refractivity contribution is 0.653. The van der Waals surface area contributed by atoms with Crippen molar-refractivity contribution in [3.05, 3.63) is 12.2 Å². The van der Waals surface area contributed by atoms with Gasteiger partial charge in [-0.2, -0.15) is 0 Å². The molecule has 0 spiro atoms. The lowest BCUT2D eigenvalue weighted by atomic mass is 10.1. The fraction of sp³-hybridized carbons (Fsp3) is 0.750. The molecule has 0 aromatic carbocycles. The van der Waals surface area contributed by atoms with Gasteiger partial charge in [0.2, 0.25) is 0 Å². The minimum atomic E-state index is 0.289. The number of hydrogen-bond donors (Lipinski definition) is 0. The molecular weight excluding hydrogens is 258 g/mol. The number of allylic oxidation sites excluding steroid dienone is 2. The summed E-state index contributed by atoms with van der Waals surface area (Å²) in [6.45, 7) is 0. The Morgan fingerprint density at radius 3 is 2.70 bits per heavy atom. The normalized spacial score (nSPS) is 38.2. The average Bonchev–Trinajstić information content (AvgIpc) is 1.90. The lowest BCUT2D eigenvalue weighted by Gasteiger charge is -2.10. The molecule has 0 amide bonds. The van der Waals surface area contributed by atoms with Crippen molar-refractivity contribution in [2.45, 2.75) is 35.0 Å². The molecule has 0 nitrogen and oxygen atoms in total. The maximum Gasteiger partial charge on any atom is 0.0516 e. The highest BCUT2D eigenvalue weighted by Gasteiger charge is 2.06. The Hall–Kier alpha value is 0.760. The molecule has 0 saturated heterocycles. The van der Waals surface area contributed by atoms with Gasteiger partial charge in [-0.3, -0.25) is 0 Å². The van der Waals surface area contributed by atoms with Crippen LogP contribution in [0.4, 0.5) is 0 Å². The van der Waals surface area contributed by atoms with Crippen LogP contribution in [0.25, 0.3) is 0 Å². The van der Waals surface area contributed by atoms with Gasteiger partial charge in [0.25, 0.3) is 0 Å². The van der Waals surface area contributed by atoms with Crippen LogP contribution in [0, 0.1) is 0 Å². The minimum Gasteiger partial charge on any atom is -0.118 e. The van der Waals surface area contributed by atoms with Gasteiger partial charge in [-0.1, -0.05) is 47.6 Å². The summed E-state index contributed by atoms with van der Waals surface area (Å²) in [5, 5.41) is 0.289. The topological polar surface area (TPSA) is 0 Å². The Labute approximate surface area is 81.2 Å². The zero-order valence-corrected chi connectivity index (χ0v) is 8.81. The summed E-state index contributed by atoms with van der Waals surface area (Å²) in [6.07, 6.45) is 9.47. The molecule has 0 aliphatic heterocycles. The van der Waals surface area contributed by atoms with Gasteiger partial charge in [-0.25, -0.2) is 0 Å². The smallest absolute Gasteiger partial charge is 0.0516 e. The third kappa shape index (κ3) is 3.24. The van der Waals surface area contributed by atoms with Crippen LogP contribution in [0.2, 0.25) is 0 Å². The van der Waals surface area contributed by atoms with E-state index in [-0.39, 0.29) is 5.38 Å². The van der Waals surface area contributed by atoms with Gasteiger partial charge in [0, 0.05) is 3.92 Å². The standard InChI is InChI=1S/C8H12ClI/c9-7-3-1-2-4-8(10)6-5-7/h5-8H,1-4H2/b6-5-. The van der Waals surface area contributed by atoms with Crippen LogP contribution in [0.5, 0.6) is 0 Å². The maximum absolute atomic E-state index is 5.97. The number of alkyl halides is 2. The predicted octanol–water partition coefficient (Wildman–Crippen LogP) is 3.53. The van der Waals surface area contributed by atoms with Crippen LogP contribution in [-0.2, 0) is 0 Å². The summed E-state index contributed by atoms with van der Waals surface area (Å²) in [7, 11) is 0. The van der Waals surface area contributed by atoms with Crippen molar-refractivity contribution in [1.82, 2.24) is 0 Å². The van der Waals surface area contributed by atoms with Gasteiger partial charge in [0.1, 0.15) is 0 Å². The molecule has 2 atom stereocenters. The molecule has 1 aliphatic rings. The van der Waals surface area contributed by atoms with Crippen molar-refractivity contribution in [2.24, 2.45) is 0 Å². The van der Waals surface area contributed by atoms with Crippen LogP contribution < -0.4 is 0 Å². The van der Waals surface area contributed by atoms with E-state index in [2.05, 4.69) is 34.7 Å². The molecule has 2 unspecified atom stereocenters. The third-order valence-corrected chi connectivity index (χ3v) is 3.14. The molecule has 2 heteroatoms. The zero-order valence-electron chi connectivity index (χ0n) is 5.89. The van der Waals surface area contributed by atoms with Crippen LogP contribution in [0.15, 0.2) is 12.2 Å². The van der Waals surface area contributed by atoms with E-state index < -0.39 is 0 Å². The molecule has 1 rings (SSSR count). The first-order chi connectivity index (χ1) is 4.79. The minimum absolute atomic E-state index is 0.289. The quantitative estimate of drug-likeness (QED) is 0.359. The Kier molecular flexibility index (Phi) is 4.07. The Morgan fingerprint density at radius 2 is 1.90 bits per heavy atom. The van der Waals surface area contributed by atoms with Gasteiger partial charge in [0.15, 0.2) is 0 Å². The third-order valence-electron chi connectivity index (χ3n) is 1.74. The lowest BCUT2D eigenvalue weighted by Crippen LogP contribution is -2.01. The van der Waals surface area contributed by atoms with E-state index in [1.165, 1.54) is 19.3 Å². The van der Waals surface area contributed by atoms with Gasteiger partial charge in [0.05, 0.1) is 5.38 Å². The second-order valence-electron chi connectivity index (χ2n) is 2.70. The second-order valence-corrected chi connectivity index (χ2v) is 4.86. The van der Waals surface area contributed by atoms with E-state index in [4.69, 9.17) is 11.6 Å². The van der Waals surface area contributed by atoms with Crippen molar-refractivity contribution in [1.29, 1.82) is 0 Å². The van der Waals surface area contributed by atoms with Crippen molar-refractivity contribution in [3.63, 3.8) is 0 Å². The van der Waals surface area contributed by atoms with E-state index in [0.29, 0.717) is 3.92 Å². The fourth-order valence-electron chi connectivity index (χ4n) is 1.11. The van der Waals surface area contributed by atoms with Crippen LogP contribution >= 0.6 is 34.2 Å². The van der Waals surface area contributed by atoms with Gasteiger partial charge in [-0.05, 0) is 12.8 Å². The van der Waals surface area contributed by atoms with E-state index in [9.17, 15) is 0 Å². The first-order valence-corrected chi connectivity index (χ1v) is 5.44. The highest BCUT2D eigenvalue weighted by Crippen LogP contribution is 2.20. The molecule has 0 fully saturated rings. The average molecular weight is 271 g/mol. The molecule has 0 aromatic rings. The Bertz CT molecular complexity index is 108. The molecule has 0 bridgehead atoms. The molecule has 1 aliphatic carbocycles. The number of hydrogen-bond acceptors (Lipinski definition) is 0. The van der Waals surface area contributed by atoms with Gasteiger partial charge >= 0.3 is 0 Å². The van der Waals surface area contributed by atoms with E-state index in [0.717, 1.165) is 6.42 Å². The molecular formula is C8H12ClI. The Morgan fingerprint density at radius 1 is 1.20 bits per heavy atom. The summed E-state index contributed by atoms with van der Waals surface area (Å²) in [5.41, 5.74) is 0. The second kappa shape index (κ2) is 4.60. The molecule has 0 N–H and O–H groups in total. The zero-order chi connectivity index (χ0) is 7.40. The van der Waals surface area contributed by atoms with E-state index in [1.807, 2.05) is 0 Å². The Balaban J connectivity index is 2.42. The predicted molar refractivity (Wildman–Crippen MR) is 55.1 cm³/mol. The molecule has 10 heavy (non-hydrogen) atoms. The van der Waals surface area contributed by atoms with Crippen LogP contribution in [0.3, 0.4) is 0 Å². The largest absolute Gasteiger partial charge is 0.118 e. The van der Waals surface area contributed by atoms with Gasteiger partial charge in [-0.15, -0.1) is 11.6 Å².